The second kappa shape index (κ2) is 5.88. The van der Waals surface area contributed by atoms with Gasteiger partial charge in [-0.25, -0.2) is 14.8 Å². The Labute approximate surface area is 121 Å². The monoisotopic (exact) mass is 291 g/mol. The summed E-state index contributed by atoms with van der Waals surface area (Å²) >= 11 is 6.17. The van der Waals surface area contributed by atoms with E-state index in [9.17, 15) is 4.79 Å². The van der Waals surface area contributed by atoms with Crippen LogP contribution in [0.2, 0.25) is 5.02 Å². The predicted molar refractivity (Wildman–Crippen MR) is 77.3 cm³/mol. The Kier molecular flexibility index (Phi) is 4.20. The Morgan fingerprint density at radius 3 is 2.70 bits per heavy atom. The molecule has 0 saturated heterocycles. The SMILES string of the molecule is CC(c1ccccc1Cl)N(C)c1nccc(C(=O)O)n1. The molecule has 1 heterocycles. The first-order chi connectivity index (χ1) is 9.50. The number of aromatic nitrogens is 2. The molecule has 0 spiro atoms. The third-order valence-electron chi connectivity index (χ3n) is 3.11. The maximum Gasteiger partial charge on any atom is 0.354 e. The van der Waals surface area contributed by atoms with Crippen LogP contribution in [0.15, 0.2) is 36.5 Å². The minimum atomic E-state index is -1.08. The number of halogens is 1. The quantitative estimate of drug-likeness (QED) is 0.938. The molecule has 1 atom stereocenters. The number of carboxylic acid groups (broad SMARTS) is 1. The van der Waals surface area contributed by atoms with Crippen LogP contribution in [0, 0.1) is 0 Å². The van der Waals surface area contributed by atoms with Gasteiger partial charge in [-0.3, -0.25) is 0 Å². The zero-order valence-electron chi connectivity index (χ0n) is 11.1. The third-order valence-corrected chi connectivity index (χ3v) is 3.46. The number of hydrogen-bond donors (Lipinski definition) is 1. The van der Waals surface area contributed by atoms with Crippen LogP contribution in [0.4, 0.5) is 5.95 Å². The maximum atomic E-state index is 10.9. The number of carbonyl (C=O) groups is 1. The Hall–Kier alpha value is -2.14. The number of hydrogen-bond acceptors (Lipinski definition) is 4. The highest BCUT2D eigenvalue weighted by molar-refractivity contribution is 6.31. The summed E-state index contributed by atoms with van der Waals surface area (Å²) in [5, 5.41) is 9.61. The fraction of sp³-hybridized carbons (Fsp3) is 0.214. The summed E-state index contributed by atoms with van der Waals surface area (Å²) < 4.78 is 0. The van der Waals surface area contributed by atoms with Crippen LogP contribution in [0.5, 0.6) is 0 Å². The zero-order chi connectivity index (χ0) is 14.7. The summed E-state index contributed by atoms with van der Waals surface area (Å²) in [5.74, 6) is -0.732. The van der Waals surface area contributed by atoms with Gasteiger partial charge in [0.15, 0.2) is 5.69 Å². The van der Waals surface area contributed by atoms with Gasteiger partial charge >= 0.3 is 5.97 Å². The molecule has 0 saturated carbocycles. The molecule has 6 heteroatoms. The summed E-state index contributed by atoms with van der Waals surface area (Å²) in [4.78, 5) is 20.9. The van der Waals surface area contributed by atoms with Gasteiger partial charge in [-0.1, -0.05) is 29.8 Å². The highest BCUT2D eigenvalue weighted by atomic mass is 35.5. The number of anilines is 1. The Morgan fingerprint density at radius 1 is 1.35 bits per heavy atom. The van der Waals surface area contributed by atoms with Gasteiger partial charge < -0.3 is 10.0 Å². The van der Waals surface area contributed by atoms with E-state index in [0.29, 0.717) is 11.0 Å². The van der Waals surface area contributed by atoms with Crippen LogP contribution in [-0.2, 0) is 0 Å². The summed E-state index contributed by atoms with van der Waals surface area (Å²) in [6, 6.07) is 8.79. The molecule has 20 heavy (non-hydrogen) atoms. The van der Waals surface area contributed by atoms with Crippen LogP contribution < -0.4 is 4.90 Å². The molecule has 2 aromatic rings. The lowest BCUT2D eigenvalue weighted by Gasteiger charge is -2.26. The van der Waals surface area contributed by atoms with Gasteiger partial charge in [0.05, 0.1) is 6.04 Å². The molecule has 0 aliphatic carbocycles. The first kappa shape index (κ1) is 14.3. The maximum absolute atomic E-state index is 10.9. The highest BCUT2D eigenvalue weighted by Crippen LogP contribution is 2.28. The van der Waals surface area contributed by atoms with E-state index in [4.69, 9.17) is 16.7 Å². The number of carboxylic acids is 1. The molecule has 5 nitrogen and oxygen atoms in total. The summed E-state index contributed by atoms with van der Waals surface area (Å²) in [7, 11) is 1.80. The van der Waals surface area contributed by atoms with Crippen molar-refractivity contribution in [3.63, 3.8) is 0 Å². The molecule has 0 radical (unpaired) electrons. The van der Waals surface area contributed by atoms with Crippen LogP contribution in [-0.4, -0.2) is 28.1 Å². The lowest BCUT2D eigenvalue weighted by molar-refractivity contribution is 0.0690. The van der Waals surface area contributed by atoms with Gasteiger partial charge in [-0.15, -0.1) is 0 Å². The van der Waals surface area contributed by atoms with E-state index in [1.165, 1.54) is 12.3 Å². The highest BCUT2D eigenvalue weighted by Gasteiger charge is 2.18. The normalized spacial score (nSPS) is 11.9. The second-order valence-electron chi connectivity index (χ2n) is 4.36. The largest absolute Gasteiger partial charge is 0.477 e. The topological polar surface area (TPSA) is 66.3 Å². The van der Waals surface area contributed by atoms with Crippen molar-refractivity contribution in [2.75, 3.05) is 11.9 Å². The minimum absolute atomic E-state index is 0.0341. The van der Waals surface area contributed by atoms with Crippen molar-refractivity contribution in [2.24, 2.45) is 0 Å². The lowest BCUT2D eigenvalue weighted by Crippen LogP contribution is -2.24. The van der Waals surface area contributed by atoms with E-state index in [1.807, 2.05) is 31.2 Å². The molecule has 0 aliphatic rings. The summed E-state index contributed by atoms with van der Waals surface area (Å²) in [6.45, 7) is 1.96. The van der Waals surface area contributed by atoms with E-state index in [-0.39, 0.29) is 11.7 Å². The molecule has 0 fully saturated rings. The molecule has 0 bridgehead atoms. The van der Waals surface area contributed by atoms with Gasteiger partial charge in [0, 0.05) is 18.3 Å². The van der Waals surface area contributed by atoms with E-state index < -0.39 is 5.97 Å². The number of aromatic carboxylic acids is 1. The molecule has 0 aliphatic heterocycles. The van der Waals surface area contributed by atoms with Crippen LogP contribution >= 0.6 is 11.6 Å². The third kappa shape index (κ3) is 2.88. The van der Waals surface area contributed by atoms with Gasteiger partial charge in [-0.2, -0.15) is 0 Å². The smallest absolute Gasteiger partial charge is 0.354 e. The van der Waals surface area contributed by atoms with Crippen molar-refractivity contribution in [1.29, 1.82) is 0 Å². The van der Waals surface area contributed by atoms with Crippen molar-refractivity contribution in [3.8, 4) is 0 Å². The molecule has 1 unspecified atom stereocenters. The van der Waals surface area contributed by atoms with Gasteiger partial charge in [0.25, 0.3) is 0 Å². The number of rotatable bonds is 4. The zero-order valence-corrected chi connectivity index (χ0v) is 11.9. The number of benzene rings is 1. The minimum Gasteiger partial charge on any atom is -0.477 e. The average molecular weight is 292 g/mol. The van der Waals surface area contributed by atoms with Crippen LogP contribution in [0.3, 0.4) is 0 Å². The Morgan fingerprint density at radius 2 is 2.05 bits per heavy atom. The first-order valence-corrected chi connectivity index (χ1v) is 6.42. The van der Waals surface area contributed by atoms with E-state index >= 15 is 0 Å². The molecular weight excluding hydrogens is 278 g/mol. The van der Waals surface area contributed by atoms with E-state index in [1.54, 1.807) is 11.9 Å². The average Bonchev–Trinajstić information content (AvgIpc) is 2.46. The van der Waals surface area contributed by atoms with Crippen molar-refractivity contribution >= 4 is 23.5 Å². The lowest BCUT2D eigenvalue weighted by atomic mass is 10.1. The van der Waals surface area contributed by atoms with Crippen molar-refractivity contribution < 1.29 is 9.90 Å². The molecule has 2 rings (SSSR count). The molecule has 0 amide bonds. The fourth-order valence-corrected chi connectivity index (χ4v) is 2.13. The first-order valence-electron chi connectivity index (χ1n) is 6.04. The van der Waals surface area contributed by atoms with Crippen LogP contribution in [0.25, 0.3) is 0 Å². The van der Waals surface area contributed by atoms with Crippen LogP contribution in [0.1, 0.15) is 29.0 Å². The van der Waals surface area contributed by atoms with Gasteiger partial charge in [-0.05, 0) is 24.6 Å². The molecular formula is C14H14ClN3O2. The fourth-order valence-electron chi connectivity index (χ4n) is 1.83. The predicted octanol–water partition coefficient (Wildman–Crippen LogP) is 3.03. The van der Waals surface area contributed by atoms with E-state index in [0.717, 1.165) is 5.56 Å². The van der Waals surface area contributed by atoms with E-state index in [2.05, 4.69) is 9.97 Å². The second-order valence-corrected chi connectivity index (χ2v) is 4.76. The molecule has 1 aromatic heterocycles. The Bertz CT molecular complexity index is 633. The summed E-state index contributed by atoms with van der Waals surface area (Å²) in [5.41, 5.74) is 0.897. The van der Waals surface area contributed by atoms with Crippen molar-refractivity contribution in [2.45, 2.75) is 13.0 Å². The van der Waals surface area contributed by atoms with Gasteiger partial charge in [0.2, 0.25) is 5.95 Å². The molecule has 1 N–H and O–H groups in total. The van der Waals surface area contributed by atoms with Gasteiger partial charge in [0.1, 0.15) is 0 Å². The standard InChI is InChI=1S/C14H14ClN3O2/c1-9(10-5-3-4-6-11(10)15)18(2)14-16-8-7-12(17-14)13(19)20/h3-9H,1-2H3,(H,19,20). The Balaban J connectivity index is 2.31. The van der Waals surface area contributed by atoms with Crippen molar-refractivity contribution in [1.82, 2.24) is 9.97 Å². The molecule has 104 valence electrons. The van der Waals surface area contributed by atoms with Crippen molar-refractivity contribution in [3.05, 3.63) is 52.8 Å². The number of nitrogens with zero attached hydrogens (tertiary/aromatic N) is 3. The molecule has 1 aromatic carbocycles. The summed E-state index contributed by atoms with van der Waals surface area (Å²) in [6.07, 6.45) is 1.43.